The molecule has 0 amide bonds. The van der Waals surface area contributed by atoms with E-state index >= 15 is 0 Å². The molecule has 0 bridgehead atoms. The summed E-state index contributed by atoms with van der Waals surface area (Å²) in [5.41, 5.74) is 3.47. The number of hydrogen-bond donors (Lipinski definition) is 0. The molecule has 3 heterocycles. The summed E-state index contributed by atoms with van der Waals surface area (Å²) in [6.07, 6.45) is -0.0680. The Balaban J connectivity index is 2.05. The van der Waals surface area contributed by atoms with Crippen LogP contribution in [0, 0.1) is 20.8 Å². The second-order valence-corrected chi connectivity index (χ2v) is 7.39. The highest BCUT2D eigenvalue weighted by Crippen LogP contribution is 2.24. The maximum atomic E-state index is 13.3. The Bertz CT molecular complexity index is 1420. The number of aromatic nitrogens is 5. The van der Waals surface area contributed by atoms with E-state index in [1.165, 1.54) is 11.7 Å². The van der Waals surface area contributed by atoms with E-state index in [-0.39, 0.29) is 13.0 Å². The molecule has 1 aromatic carbocycles. The van der Waals surface area contributed by atoms with Gasteiger partial charge in [0.25, 0.3) is 5.56 Å². The Morgan fingerprint density at radius 2 is 1.73 bits per heavy atom. The summed E-state index contributed by atoms with van der Waals surface area (Å²) in [7, 11) is 2.84. The van der Waals surface area contributed by atoms with Crippen molar-refractivity contribution in [1.82, 2.24) is 23.1 Å². The fraction of sp³-hybridized carbons (Fsp3) is 0.333. The standard InChI is InChI=1S/C21H23N5O4/c1-12-6-8-15(9-7-12)25-13(2)14(3)26-17-18(22-20(25)26)23(4)21(29)24(19(17)28)11-10-16(27)30-5/h6-9H,10-11H2,1-5H3. The maximum absolute atomic E-state index is 13.3. The lowest BCUT2D eigenvalue weighted by atomic mass is 10.2. The van der Waals surface area contributed by atoms with E-state index in [2.05, 4.69) is 9.72 Å². The topological polar surface area (TPSA) is 92.5 Å². The van der Waals surface area contributed by atoms with Crippen molar-refractivity contribution in [3.8, 4) is 5.69 Å². The highest BCUT2D eigenvalue weighted by molar-refractivity contribution is 5.77. The van der Waals surface area contributed by atoms with Crippen LogP contribution in [0.3, 0.4) is 0 Å². The molecule has 30 heavy (non-hydrogen) atoms. The highest BCUT2D eigenvalue weighted by Gasteiger charge is 2.23. The highest BCUT2D eigenvalue weighted by atomic mass is 16.5. The molecule has 0 unspecified atom stereocenters. The zero-order valence-corrected chi connectivity index (χ0v) is 17.6. The SMILES string of the molecule is COC(=O)CCn1c(=O)c2c(nc3n(-c4ccc(C)cc4)c(C)c(C)n23)n(C)c1=O. The third-order valence-electron chi connectivity index (χ3n) is 5.58. The van der Waals surface area contributed by atoms with E-state index < -0.39 is 17.2 Å². The number of benzene rings is 1. The monoisotopic (exact) mass is 409 g/mol. The molecule has 0 saturated heterocycles. The van der Waals surface area contributed by atoms with Crippen LogP contribution in [-0.2, 0) is 23.1 Å². The molecule has 0 N–H and O–H groups in total. The first kappa shape index (κ1) is 19.7. The third-order valence-corrected chi connectivity index (χ3v) is 5.58. The average Bonchev–Trinajstić information content (AvgIpc) is 3.23. The number of rotatable bonds is 4. The molecule has 4 aromatic rings. The van der Waals surface area contributed by atoms with Gasteiger partial charge in [0, 0.05) is 30.7 Å². The predicted molar refractivity (Wildman–Crippen MR) is 112 cm³/mol. The summed E-state index contributed by atoms with van der Waals surface area (Å²) >= 11 is 0. The number of methoxy groups -OCH3 is 1. The summed E-state index contributed by atoms with van der Waals surface area (Å²) < 4.78 is 10.8. The average molecular weight is 409 g/mol. The van der Waals surface area contributed by atoms with Crippen LogP contribution >= 0.6 is 0 Å². The number of nitrogens with zero attached hydrogens (tertiary/aromatic N) is 5. The normalized spacial score (nSPS) is 11.5. The molecule has 0 atom stereocenters. The van der Waals surface area contributed by atoms with Gasteiger partial charge in [0.1, 0.15) is 0 Å². The molecule has 4 rings (SSSR count). The molecule has 0 aliphatic carbocycles. The molecule has 0 aliphatic rings. The predicted octanol–water partition coefficient (Wildman–Crippen LogP) is 1.63. The molecular weight excluding hydrogens is 386 g/mol. The van der Waals surface area contributed by atoms with Crippen molar-refractivity contribution in [2.75, 3.05) is 7.11 Å². The molecule has 0 saturated carbocycles. The number of carbonyl (C=O) groups excluding carboxylic acids is 1. The van der Waals surface area contributed by atoms with Gasteiger partial charge in [-0.3, -0.25) is 27.7 Å². The maximum Gasteiger partial charge on any atom is 0.332 e. The summed E-state index contributed by atoms with van der Waals surface area (Å²) in [4.78, 5) is 42.2. The lowest BCUT2D eigenvalue weighted by Crippen LogP contribution is -2.40. The molecule has 0 spiro atoms. The van der Waals surface area contributed by atoms with Crippen molar-refractivity contribution in [1.29, 1.82) is 0 Å². The number of fused-ring (bicyclic) bond motifs is 3. The Hall–Kier alpha value is -3.62. The minimum Gasteiger partial charge on any atom is -0.469 e. The van der Waals surface area contributed by atoms with Gasteiger partial charge in [-0.1, -0.05) is 17.7 Å². The Labute approximate surface area is 171 Å². The van der Waals surface area contributed by atoms with E-state index in [1.54, 1.807) is 11.4 Å². The van der Waals surface area contributed by atoms with E-state index in [0.717, 1.165) is 27.2 Å². The van der Waals surface area contributed by atoms with E-state index in [1.807, 2.05) is 49.6 Å². The van der Waals surface area contributed by atoms with Gasteiger partial charge in [-0.05, 0) is 32.9 Å². The van der Waals surface area contributed by atoms with E-state index in [4.69, 9.17) is 0 Å². The number of imidazole rings is 2. The molecule has 156 valence electrons. The first-order valence-electron chi connectivity index (χ1n) is 9.60. The Kier molecular flexibility index (Phi) is 4.60. The van der Waals surface area contributed by atoms with Crippen LogP contribution in [0.15, 0.2) is 33.9 Å². The third kappa shape index (κ3) is 2.77. The lowest BCUT2D eigenvalue weighted by Gasteiger charge is -2.08. The van der Waals surface area contributed by atoms with Crippen molar-refractivity contribution in [3.63, 3.8) is 0 Å². The van der Waals surface area contributed by atoms with Crippen LogP contribution in [0.2, 0.25) is 0 Å². The number of hydrogen-bond acceptors (Lipinski definition) is 5. The largest absolute Gasteiger partial charge is 0.469 e. The number of aryl methyl sites for hydroxylation is 3. The first-order chi connectivity index (χ1) is 14.3. The van der Waals surface area contributed by atoms with Crippen molar-refractivity contribution < 1.29 is 9.53 Å². The molecule has 9 heteroatoms. The number of carbonyl (C=O) groups is 1. The molecular formula is C21H23N5O4. The summed E-state index contributed by atoms with van der Waals surface area (Å²) in [6, 6.07) is 8.02. The van der Waals surface area contributed by atoms with Crippen LogP contribution in [0.4, 0.5) is 0 Å². The second kappa shape index (κ2) is 7.01. The minimum atomic E-state index is -0.520. The molecule has 0 radical (unpaired) electrons. The first-order valence-corrected chi connectivity index (χ1v) is 9.60. The zero-order valence-electron chi connectivity index (χ0n) is 17.6. The fourth-order valence-corrected chi connectivity index (χ4v) is 3.76. The summed E-state index contributed by atoms with van der Waals surface area (Å²) in [5, 5.41) is 0. The fourth-order valence-electron chi connectivity index (χ4n) is 3.76. The van der Waals surface area contributed by atoms with Gasteiger partial charge in [-0.2, -0.15) is 4.98 Å². The minimum absolute atomic E-state index is 0.0575. The number of esters is 1. The van der Waals surface area contributed by atoms with E-state index in [9.17, 15) is 14.4 Å². The van der Waals surface area contributed by atoms with Crippen LogP contribution in [0.1, 0.15) is 23.4 Å². The molecule has 0 aliphatic heterocycles. The van der Waals surface area contributed by atoms with Gasteiger partial charge < -0.3 is 4.74 Å². The summed E-state index contributed by atoms with van der Waals surface area (Å²) in [6.45, 7) is 5.84. The molecule has 3 aromatic heterocycles. The summed E-state index contributed by atoms with van der Waals surface area (Å²) in [5.74, 6) is 0.0710. The van der Waals surface area contributed by atoms with Gasteiger partial charge >= 0.3 is 11.7 Å². The van der Waals surface area contributed by atoms with Crippen LogP contribution in [0.5, 0.6) is 0 Å². The van der Waals surface area contributed by atoms with Gasteiger partial charge in [-0.15, -0.1) is 0 Å². The smallest absolute Gasteiger partial charge is 0.332 e. The van der Waals surface area contributed by atoms with E-state index in [0.29, 0.717) is 16.9 Å². The molecule has 0 fully saturated rings. The van der Waals surface area contributed by atoms with Crippen molar-refractivity contribution in [2.45, 2.75) is 33.7 Å². The Morgan fingerprint density at radius 1 is 1.07 bits per heavy atom. The lowest BCUT2D eigenvalue weighted by molar-refractivity contribution is -0.140. The van der Waals surface area contributed by atoms with Crippen molar-refractivity contribution >= 4 is 22.9 Å². The van der Waals surface area contributed by atoms with Gasteiger partial charge in [0.2, 0.25) is 5.78 Å². The van der Waals surface area contributed by atoms with Crippen LogP contribution in [0.25, 0.3) is 22.6 Å². The van der Waals surface area contributed by atoms with Gasteiger partial charge in [0.05, 0.1) is 13.5 Å². The van der Waals surface area contributed by atoms with Crippen LogP contribution in [-0.4, -0.2) is 36.2 Å². The van der Waals surface area contributed by atoms with Gasteiger partial charge in [-0.25, -0.2) is 4.79 Å². The number of ether oxygens (including phenoxy) is 1. The van der Waals surface area contributed by atoms with Crippen molar-refractivity contribution in [2.24, 2.45) is 7.05 Å². The molecule has 9 nitrogen and oxygen atoms in total. The van der Waals surface area contributed by atoms with Gasteiger partial charge in [0.15, 0.2) is 11.2 Å². The van der Waals surface area contributed by atoms with Crippen molar-refractivity contribution in [3.05, 3.63) is 62.1 Å². The Morgan fingerprint density at radius 3 is 2.37 bits per heavy atom. The second-order valence-electron chi connectivity index (χ2n) is 7.39. The van der Waals surface area contributed by atoms with Crippen LogP contribution < -0.4 is 11.2 Å². The quantitative estimate of drug-likeness (QED) is 0.478. The zero-order chi connectivity index (χ0) is 21.7.